The monoisotopic (exact) mass is 474 g/mol. The van der Waals surface area contributed by atoms with Crippen molar-refractivity contribution in [2.45, 2.75) is 45.7 Å². The lowest BCUT2D eigenvalue weighted by atomic mass is 10.1. The van der Waals surface area contributed by atoms with Crippen LogP contribution in [0.4, 0.5) is 0 Å². The summed E-state index contributed by atoms with van der Waals surface area (Å²) in [5.74, 6) is 2.46. The molecule has 0 aromatic heterocycles. The number of halogens is 1. The first-order valence-corrected chi connectivity index (χ1v) is 9.37. The minimum atomic E-state index is 0. The van der Waals surface area contributed by atoms with E-state index in [0.29, 0.717) is 18.0 Å². The number of nitrogens with one attached hydrogen (secondary N) is 2. The molecule has 26 heavy (non-hydrogen) atoms. The van der Waals surface area contributed by atoms with E-state index in [-0.39, 0.29) is 24.0 Å². The molecule has 5 nitrogen and oxygen atoms in total. The van der Waals surface area contributed by atoms with Crippen molar-refractivity contribution < 1.29 is 4.74 Å². The summed E-state index contributed by atoms with van der Waals surface area (Å²) in [5, 5.41) is 7.04. The van der Waals surface area contributed by atoms with Crippen molar-refractivity contribution in [3.05, 3.63) is 29.8 Å². The standard InChI is InChI=1S/C20H34N4O.HI/c1-15(2)24-13-16(3)19(14-24)23-20(21-4)22-12-6-7-17-8-10-18(25-5)11-9-17;/h8-11,15-16,19H,6-7,12-14H2,1-5H3,(H2,21,22,23);1H. The van der Waals surface area contributed by atoms with Gasteiger partial charge in [-0.2, -0.15) is 0 Å². The summed E-state index contributed by atoms with van der Waals surface area (Å²) in [6, 6.07) is 9.37. The molecule has 1 fully saturated rings. The Morgan fingerprint density at radius 2 is 1.96 bits per heavy atom. The molecule has 2 atom stereocenters. The molecule has 1 aliphatic rings. The minimum Gasteiger partial charge on any atom is -0.497 e. The van der Waals surface area contributed by atoms with Crippen LogP contribution in [0.1, 0.15) is 32.8 Å². The van der Waals surface area contributed by atoms with E-state index in [0.717, 1.165) is 44.2 Å². The van der Waals surface area contributed by atoms with Gasteiger partial charge in [-0.3, -0.25) is 9.89 Å². The number of nitrogens with zero attached hydrogens (tertiary/aromatic N) is 2. The molecule has 1 aromatic rings. The van der Waals surface area contributed by atoms with Gasteiger partial charge >= 0.3 is 0 Å². The van der Waals surface area contributed by atoms with Crippen LogP contribution in [0.3, 0.4) is 0 Å². The normalized spacial score (nSPS) is 20.8. The molecule has 0 bridgehead atoms. The molecule has 0 spiro atoms. The molecule has 2 unspecified atom stereocenters. The number of ether oxygens (including phenoxy) is 1. The molecular formula is C20H35IN4O. The molecular weight excluding hydrogens is 439 g/mol. The summed E-state index contributed by atoms with van der Waals surface area (Å²) in [5.41, 5.74) is 1.34. The molecule has 0 radical (unpaired) electrons. The molecule has 0 aliphatic carbocycles. The summed E-state index contributed by atoms with van der Waals surface area (Å²) in [4.78, 5) is 6.91. The number of rotatable bonds is 7. The van der Waals surface area contributed by atoms with E-state index < -0.39 is 0 Å². The lowest BCUT2D eigenvalue weighted by molar-refractivity contribution is 0.265. The van der Waals surface area contributed by atoms with Crippen LogP contribution in [0.25, 0.3) is 0 Å². The molecule has 1 heterocycles. The fourth-order valence-electron chi connectivity index (χ4n) is 3.28. The Bertz CT molecular complexity index is 547. The second-order valence-electron chi connectivity index (χ2n) is 7.23. The van der Waals surface area contributed by atoms with Crippen molar-refractivity contribution in [1.82, 2.24) is 15.5 Å². The van der Waals surface area contributed by atoms with Crippen LogP contribution in [-0.2, 0) is 6.42 Å². The fraction of sp³-hybridized carbons (Fsp3) is 0.650. The van der Waals surface area contributed by atoms with Gasteiger partial charge in [-0.25, -0.2) is 0 Å². The zero-order chi connectivity index (χ0) is 18.2. The number of hydrogen-bond acceptors (Lipinski definition) is 3. The number of methoxy groups -OCH3 is 1. The first-order chi connectivity index (χ1) is 12.0. The van der Waals surface area contributed by atoms with E-state index in [1.54, 1.807) is 7.11 Å². The van der Waals surface area contributed by atoms with E-state index in [4.69, 9.17) is 4.74 Å². The summed E-state index contributed by atoms with van der Waals surface area (Å²) in [7, 11) is 3.54. The van der Waals surface area contributed by atoms with E-state index in [1.807, 2.05) is 19.2 Å². The lowest BCUT2D eigenvalue weighted by Gasteiger charge is -2.22. The summed E-state index contributed by atoms with van der Waals surface area (Å²) >= 11 is 0. The van der Waals surface area contributed by atoms with Gasteiger partial charge in [0.05, 0.1) is 7.11 Å². The third-order valence-corrected chi connectivity index (χ3v) is 5.01. The van der Waals surface area contributed by atoms with Crippen LogP contribution in [-0.4, -0.2) is 56.7 Å². The Balaban J connectivity index is 0.00000338. The van der Waals surface area contributed by atoms with Gasteiger partial charge in [0.15, 0.2) is 5.96 Å². The Morgan fingerprint density at radius 3 is 2.50 bits per heavy atom. The van der Waals surface area contributed by atoms with Gasteiger partial charge in [-0.05, 0) is 50.3 Å². The highest BCUT2D eigenvalue weighted by atomic mass is 127. The molecule has 1 aromatic carbocycles. The highest BCUT2D eigenvalue weighted by Gasteiger charge is 2.31. The maximum atomic E-state index is 5.20. The molecule has 2 N–H and O–H groups in total. The number of hydrogen-bond donors (Lipinski definition) is 2. The molecule has 1 saturated heterocycles. The number of benzene rings is 1. The third-order valence-electron chi connectivity index (χ3n) is 5.01. The lowest BCUT2D eigenvalue weighted by Crippen LogP contribution is -2.47. The van der Waals surface area contributed by atoms with Crippen molar-refractivity contribution in [3.63, 3.8) is 0 Å². The largest absolute Gasteiger partial charge is 0.497 e. The summed E-state index contributed by atoms with van der Waals surface area (Å²) in [6.07, 6.45) is 2.13. The predicted molar refractivity (Wildman–Crippen MR) is 121 cm³/mol. The van der Waals surface area contributed by atoms with Crippen molar-refractivity contribution in [2.75, 3.05) is 33.8 Å². The highest BCUT2D eigenvalue weighted by Crippen LogP contribution is 2.18. The van der Waals surface area contributed by atoms with Gasteiger partial charge in [-0.15, -0.1) is 24.0 Å². The van der Waals surface area contributed by atoms with Crippen LogP contribution in [0.2, 0.25) is 0 Å². The predicted octanol–water partition coefficient (Wildman–Crippen LogP) is 3.14. The van der Waals surface area contributed by atoms with Crippen LogP contribution in [0.5, 0.6) is 5.75 Å². The molecule has 6 heteroatoms. The molecule has 1 aliphatic heterocycles. The van der Waals surface area contributed by atoms with Gasteiger partial charge in [-0.1, -0.05) is 19.1 Å². The number of aryl methyl sites for hydroxylation is 1. The Kier molecular flexibility index (Phi) is 10.3. The fourth-order valence-corrected chi connectivity index (χ4v) is 3.28. The van der Waals surface area contributed by atoms with E-state index in [1.165, 1.54) is 5.56 Å². The highest BCUT2D eigenvalue weighted by molar-refractivity contribution is 14.0. The number of guanidine groups is 1. The third kappa shape index (κ3) is 6.95. The molecule has 2 rings (SSSR count). The second kappa shape index (κ2) is 11.6. The van der Waals surface area contributed by atoms with Crippen molar-refractivity contribution in [3.8, 4) is 5.75 Å². The number of likely N-dealkylation sites (tertiary alicyclic amines) is 1. The molecule has 0 amide bonds. The van der Waals surface area contributed by atoms with E-state index >= 15 is 0 Å². The first kappa shape index (κ1) is 23.0. The van der Waals surface area contributed by atoms with Crippen molar-refractivity contribution in [1.29, 1.82) is 0 Å². The van der Waals surface area contributed by atoms with Gasteiger partial charge in [0.2, 0.25) is 0 Å². The number of aliphatic imine (C=N–C) groups is 1. The van der Waals surface area contributed by atoms with Gasteiger partial charge in [0.25, 0.3) is 0 Å². The Hall–Kier alpha value is -1.02. The van der Waals surface area contributed by atoms with Crippen LogP contribution in [0.15, 0.2) is 29.3 Å². The smallest absolute Gasteiger partial charge is 0.191 e. The molecule has 0 saturated carbocycles. The maximum absolute atomic E-state index is 5.20. The van der Waals surface area contributed by atoms with Crippen LogP contribution in [0, 0.1) is 5.92 Å². The van der Waals surface area contributed by atoms with Crippen molar-refractivity contribution >= 4 is 29.9 Å². The molecule has 148 valence electrons. The van der Waals surface area contributed by atoms with Gasteiger partial charge in [0, 0.05) is 38.8 Å². The Labute approximate surface area is 176 Å². The zero-order valence-electron chi connectivity index (χ0n) is 16.8. The average Bonchev–Trinajstić information content (AvgIpc) is 2.99. The minimum absolute atomic E-state index is 0. The second-order valence-corrected chi connectivity index (χ2v) is 7.23. The van der Waals surface area contributed by atoms with Crippen molar-refractivity contribution in [2.24, 2.45) is 10.9 Å². The van der Waals surface area contributed by atoms with E-state index in [9.17, 15) is 0 Å². The average molecular weight is 474 g/mol. The topological polar surface area (TPSA) is 48.9 Å². The van der Waals surface area contributed by atoms with Crippen LogP contribution < -0.4 is 15.4 Å². The van der Waals surface area contributed by atoms with Crippen LogP contribution >= 0.6 is 24.0 Å². The van der Waals surface area contributed by atoms with Gasteiger partial charge < -0.3 is 15.4 Å². The first-order valence-electron chi connectivity index (χ1n) is 9.37. The summed E-state index contributed by atoms with van der Waals surface area (Å²) < 4.78 is 5.20. The summed E-state index contributed by atoms with van der Waals surface area (Å²) in [6.45, 7) is 10.0. The SMILES string of the molecule is CN=C(NCCCc1ccc(OC)cc1)NC1CN(C(C)C)CC1C.I. The maximum Gasteiger partial charge on any atom is 0.191 e. The zero-order valence-corrected chi connectivity index (χ0v) is 19.1. The quantitative estimate of drug-likeness (QED) is 0.276. The Morgan fingerprint density at radius 1 is 1.27 bits per heavy atom. The van der Waals surface area contributed by atoms with E-state index in [2.05, 4.69) is 53.4 Å². The van der Waals surface area contributed by atoms with Gasteiger partial charge in [0.1, 0.15) is 5.75 Å².